The number of hydrogen-bond donors (Lipinski definition) is 2. The first-order valence-corrected chi connectivity index (χ1v) is 23.7. The number of rotatable bonds is 8. The number of nitrogens with one attached hydrogen (secondary N) is 1. The fraction of sp³-hybridized carbons (Fsp3) is 0.191. The van der Waals surface area contributed by atoms with Crippen LogP contribution in [0.3, 0.4) is 0 Å². The van der Waals surface area contributed by atoms with Crippen molar-refractivity contribution in [2.75, 3.05) is 25.5 Å². The van der Waals surface area contributed by atoms with Crippen molar-refractivity contribution in [3.05, 3.63) is 168 Å². The van der Waals surface area contributed by atoms with Crippen LogP contribution in [0.25, 0.3) is 5.00 Å². The van der Waals surface area contributed by atoms with E-state index in [1.807, 2.05) is 114 Å². The quantitative estimate of drug-likeness (QED) is 0.0863. The monoisotopic (exact) mass is 964 g/mol. The lowest BCUT2D eigenvalue weighted by atomic mass is 10.0. The smallest absolute Gasteiger partial charge is 0.253 e. The third-order valence-corrected chi connectivity index (χ3v) is 13.0. The lowest BCUT2D eigenvalue weighted by molar-refractivity contribution is -0.119. The van der Waals surface area contributed by atoms with Crippen LogP contribution in [0, 0.1) is 20.8 Å². The largest absolute Gasteiger partial charge is 0.497 e. The first-order valence-electron chi connectivity index (χ1n) is 20.1. The Labute approximate surface area is 400 Å². The summed E-state index contributed by atoms with van der Waals surface area (Å²) in [7, 11) is 3.34. The van der Waals surface area contributed by atoms with E-state index in [1.54, 1.807) is 48.7 Å². The van der Waals surface area contributed by atoms with Crippen molar-refractivity contribution in [3.8, 4) is 16.5 Å². The molecule has 9 rings (SSSR count). The molecule has 3 aromatic heterocycles. The number of nitrogens with two attached hydrogens (primary N) is 1. The minimum atomic E-state index is -0.218. The van der Waals surface area contributed by atoms with Gasteiger partial charge in [-0.2, -0.15) is 10.2 Å². The summed E-state index contributed by atoms with van der Waals surface area (Å²) in [4.78, 5) is 16.9. The lowest BCUT2D eigenvalue weighted by Crippen LogP contribution is -2.26. The van der Waals surface area contributed by atoms with Crippen LogP contribution < -0.4 is 25.8 Å². The highest BCUT2D eigenvalue weighted by molar-refractivity contribution is 8.13. The summed E-state index contributed by atoms with van der Waals surface area (Å²) < 4.78 is 12.6. The van der Waals surface area contributed by atoms with E-state index in [0.717, 1.165) is 77.3 Å². The first kappa shape index (κ1) is 47.0. The number of nitrogens with zero attached hydrogens (tertiary/aromatic N) is 8. The summed E-state index contributed by atoms with van der Waals surface area (Å²) in [5, 5.41) is 27.2. The van der Waals surface area contributed by atoms with Gasteiger partial charge in [-0.3, -0.25) is 14.8 Å². The number of carbonyl (C=O) groups excluding carboxylic acids is 1. The number of anilines is 1. The minimum absolute atomic E-state index is 0.218. The molecule has 13 nitrogen and oxygen atoms in total. The van der Waals surface area contributed by atoms with Crippen molar-refractivity contribution in [2.24, 2.45) is 21.0 Å². The predicted octanol–water partition coefficient (Wildman–Crippen LogP) is 10.7. The van der Waals surface area contributed by atoms with E-state index in [-0.39, 0.29) is 5.91 Å². The van der Waals surface area contributed by atoms with Gasteiger partial charge in [0.1, 0.15) is 38.7 Å². The molecule has 7 aromatic rings. The Morgan fingerprint density at radius 1 is 0.708 bits per heavy atom. The third kappa shape index (κ3) is 11.3. The number of halogens is 2. The molecule has 0 fully saturated rings. The van der Waals surface area contributed by atoms with Gasteiger partial charge < -0.3 is 9.47 Å². The molecular weight excluding hydrogens is 920 g/mol. The zero-order valence-corrected chi connectivity index (χ0v) is 40.6. The van der Waals surface area contributed by atoms with Gasteiger partial charge in [0.25, 0.3) is 5.95 Å². The van der Waals surface area contributed by atoms with E-state index in [0.29, 0.717) is 29.1 Å². The Kier molecular flexibility index (Phi) is 15.4. The fourth-order valence-electron chi connectivity index (χ4n) is 6.74. The molecule has 1 amide bonds. The number of hydrogen-bond acceptors (Lipinski definition) is 14. The number of fused-ring (bicyclic) bond motifs is 4. The topological polar surface area (TPSA) is 148 Å². The summed E-state index contributed by atoms with van der Waals surface area (Å²) >= 11 is 17.2. The summed E-state index contributed by atoms with van der Waals surface area (Å²) in [6, 6.07) is 35.9. The van der Waals surface area contributed by atoms with Gasteiger partial charge in [0.05, 0.1) is 27.3 Å². The average molecular weight is 966 g/mol. The molecule has 0 spiro atoms. The van der Waals surface area contributed by atoms with Gasteiger partial charge in [0, 0.05) is 49.0 Å². The van der Waals surface area contributed by atoms with Gasteiger partial charge in [-0.15, -0.1) is 32.9 Å². The number of thioether (sulfide) groups is 1. The molecule has 65 heavy (non-hydrogen) atoms. The van der Waals surface area contributed by atoms with E-state index in [9.17, 15) is 4.79 Å². The van der Waals surface area contributed by atoms with Crippen LogP contribution >= 0.6 is 57.6 Å². The van der Waals surface area contributed by atoms with Crippen molar-refractivity contribution < 1.29 is 14.3 Å². The Morgan fingerprint density at radius 2 is 1.18 bits per heavy atom. The van der Waals surface area contributed by atoms with Gasteiger partial charge in [-0.05, 0) is 98.8 Å². The molecule has 0 saturated carbocycles. The highest BCUT2D eigenvalue weighted by atomic mass is 35.5. The molecule has 0 unspecified atom stereocenters. The normalized spacial score (nSPS) is 12.6. The van der Waals surface area contributed by atoms with Crippen LogP contribution in [0.1, 0.15) is 55.9 Å². The summed E-state index contributed by atoms with van der Waals surface area (Å²) in [6.45, 7) is 8.69. The second kappa shape index (κ2) is 21.3. The molecule has 334 valence electrons. The van der Waals surface area contributed by atoms with Gasteiger partial charge in [0.15, 0.2) is 5.17 Å². The van der Waals surface area contributed by atoms with Gasteiger partial charge >= 0.3 is 0 Å². The maximum atomic E-state index is 9.58. The number of carbonyl (C=O) groups is 1. The van der Waals surface area contributed by atoms with Gasteiger partial charge in [-0.25, -0.2) is 20.9 Å². The summed E-state index contributed by atoms with van der Waals surface area (Å²) in [5.74, 6) is 7.53. The Bertz CT molecular complexity index is 2860. The highest BCUT2D eigenvalue weighted by Gasteiger charge is 2.29. The highest BCUT2D eigenvalue weighted by Crippen LogP contribution is 2.38. The molecule has 0 saturated heterocycles. The van der Waals surface area contributed by atoms with Gasteiger partial charge in [-0.1, -0.05) is 83.5 Å². The molecule has 0 atom stereocenters. The van der Waals surface area contributed by atoms with E-state index in [2.05, 4.69) is 58.7 Å². The molecule has 18 heteroatoms. The number of aryl methyl sites for hydroxylation is 3. The van der Waals surface area contributed by atoms with Crippen molar-refractivity contribution >= 4 is 91.1 Å². The number of thiophene rings is 2. The molecule has 0 aliphatic carbocycles. The van der Waals surface area contributed by atoms with Crippen LogP contribution in [-0.2, 0) is 17.9 Å². The number of amidine groups is 1. The van der Waals surface area contributed by atoms with Crippen LogP contribution in [0.5, 0.6) is 11.5 Å². The molecule has 0 radical (unpaired) electrons. The Morgan fingerprint density at radius 3 is 1.69 bits per heavy atom. The Balaban J connectivity index is 0.000000176. The average Bonchev–Trinajstić information content (AvgIpc) is 3.96. The molecule has 3 N–H and O–H groups in total. The van der Waals surface area contributed by atoms with Crippen molar-refractivity contribution in [2.45, 2.75) is 40.8 Å². The minimum Gasteiger partial charge on any atom is -0.497 e. The van der Waals surface area contributed by atoms with Crippen molar-refractivity contribution in [3.63, 3.8) is 0 Å². The van der Waals surface area contributed by atoms with Crippen LogP contribution in [0.15, 0.2) is 124 Å². The van der Waals surface area contributed by atoms with Crippen LogP contribution in [0.2, 0.25) is 10.0 Å². The number of benzene rings is 4. The molecule has 2 aliphatic rings. The molecule has 5 heterocycles. The summed E-state index contributed by atoms with van der Waals surface area (Å²) in [6.07, 6.45) is 2.03. The third-order valence-electron chi connectivity index (χ3n) is 9.89. The lowest BCUT2D eigenvalue weighted by Gasteiger charge is -2.20. The second-order valence-electron chi connectivity index (χ2n) is 14.6. The van der Waals surface area contributed by atoms with E-state index < -0.39 is 0 Å². The number of aliphatic imine (C=N–C) groups is 1. The number of ether oxygens (including phenoxy) is 2. The maximum Gasteiger partial charge on any atom is 0.253 e. The zero-order chi connectivity index (χ0) is 46.2. The van der Waals surface area contributed by atoms with Crippen molar-refractivity contribution in [1.82, 2.24) is 25.2 Å². The summed E-state index contributed by atoms with van der Waals surface area (Å²) in [5.41, 5.74) is 10.0. The number of aromatic nitrogens is 3. The zero-order valence-electron chi connectivity index (χ0n) is 36.7. The maximum absolute atomic E-state index is 9.58. The van der Waals surface area contributed by atoms with Crippen LogP contribution in [0.4, 0.5) is 10.9 Å². The SMILES string of the molecule is CC(=O)NN.COc1ccc(CN2N=C(c3ccc(Cl)cc3)c3cc(C)sc3-n3c(C)nnc32)cc1.COc1ccc(CN2N=C(c3ccc(Cl)cc3)c3cc(C)sc3N=C2SC)cc1. The molecule has 2 aliphatic heterocycles. The second-order valence-corrected chi connectivity index (χ2v) is 18.7. The number of amides is 1. The Hall–Kier alpha value is -6.01. The first-order chi connectivity index (χ1) is 31.4. The predicted molar refractivity (Wildman–Crippen MR) is 268 cm³/mol. The van der Waals surface area contributed by atoms with Gasteiger partial charge in [0.2, 0.25) is 5.91 Å². The standard InChI is InChI=1S/C23H20ClN5OS.C22H20ClN3OS2.C2H6N2O/c1-14-12-20-21(17-6-8-18(24)9-7-17)27-28(13-16-4-10-19(30-3)11-5-16)23-26-25-15(2)29(23)22(20)31-14;1-14-12-19-20(16-6-8-17(23)9-7-16)25-26(22(28-3)24-21(19)29-14)13-15-4-10-18(27-2)11-5-15;1-2(5)4-3/h4-12H,13H2,1-3H3;4-12H,13H2,1-3H3;3H2,1H3,(H,4,5). The van der Waals surface area contributed by atoms with E-state index >= 15 is 0 Å². The molecule has 0 bridgehead atoms. The van der Waals surface area contributed by atoms with E-state index in [1.165, 1.54) is 16.7 Å². The fourth-order valence-corrected chi connectivity index (χ4v) is 9.48. The van der Waals surface area contributed by atoms with E-state index in [4.69, 9.17) is 47.9 Å². The molecule has 4 aromatic carbocycles. The molecular formula is C47H46Cl2N10O3S3. The number of hydrazone groups is 2. The van der Waals surface area contributed by atoms with Crippen LogP contribution in [-0.4, -0.2) is 62.7 Å². The van der Waals surface area contributed by atoms with Crippen molar-refractivity contribution in [1.29, 1.82) is 0 Å². The number of methoxy groups -OCH3 is 2. The number of hydrazine groups is 1.